The first kappa shape index (κ1) is 14.2. The summed E-state index contributed by atoms with van der Waals surface area (Å²) in [5.41, 5.74) is 5.99. The molecular formula is C11H13N3O3S. The molecule has 0 fully saturated rings. The van der Waals surface area contributed by atoms with Gasteiger partial charge in [-0.3, -0.25) is 4.79 Å². The molecule has 1 rings (SSSR count). The molecule has 0 aromatic carbocycles. The third-order valence-electron chi connectivity index (χ3n) is 2.35. The van der Waals surface area contributed by atoms with Gasteiger partial charge in [-0.05, 0) is 18.5 Å². The lowest BCUT2D eigenvalue weighted by Crippen LogP contribution is -2.41. The summed E-state index contributed by atoms with van der Waals surface area (Å²) in [5.74, 6) is 0.741. The SMILES string of the molecule is C#CCC(N)C(=O)N(C)c1snc(C)c1C(=O)O. The molecule has 0 bridgehead atoms. The number of likely N-dealkylation sites (N-methyl/N-ethyl adjacent to an activating group) is 1. The molecular weight excluding hydrogens is 254 g/mol. The Balaban J connectivity index is 3.05. The predicted octanol–water partition coefficient (Wildman–Crippen LogP) is 0.463. The number of terminal acetylenes is 1. The van der Waals surface area contributed by atoms with Crippen molar-refractivity contribution >= 4 is 28.4 Å². The summed E-state index contributed by atoms with van der Waals surface area (Å²) < 4.78 is 3.93. The van der Waals surface area contributed by atoms with Crippen molar-refractivity contribution < 1.29 is 14.7 Å². The summed E-state index contributed by atoms with van der Waals surface area (Å²) in [6, 6.07) is -0.843. The van der Waals surface area contributed by atoms with E-state index in [0.717, 1.165) is 11.5 Å². The van der Waals surface area contributed by atoms with Gasteiger partial charge >= 0.3 is 5.97 Å². The normalized spacial score (nSPS) is 11.7. The molecule has 0 saturated carbocycles. The molecule has 18 heavy (non-hydrogen) atoms. The number of rotatable bonds is 4. The predicted molar refractivity (Wildman–Crippen MR) is 68.6 cm³/mol. The highest BCUT2D eigenvalue weighted by atomic mass is 32.1. The number of aromatic carboxylic acids is 1. The van der Waals surface area contributed by atoms with E-state index in [1.807, 2.05) is 0 Å². The second-order valence-electron chi connectivity index (χ2n) is 3.67. The Hall–Kier alpha value is -1.91. The summed E-state index contributed by atoms with van der Waals surface area (Å²) in [4.78, 5) is 24.2. The molecule has 1 amide bonds. The molecule has 0 aliphatic heterocycles. The van der Waals surface area contributed by atoms with E-state index in [2.05, 4.69) is 10.3 Å². The van der Waals surface area contributed by atoms with E-state index < -0.39 is 17.9 Å². The number of nitrogens with two attached hydrogens (primary N) is 1. The number of hydrogen-bond donors (Lipinski definition) is 2. The minimum Gasteiger partial charge on any atom is -0.478 e. The van der Waals surface area contributed by atoms with Gasteiger partial charge in [0.05, 0.1) is 11.7 Å². The Morgan fingerprint density at radius 2 is 2.28 bits per heavy atom. The minimum absolute atomic E-state index is 0.0174. The molecule has 0 radical (unpaired) electrons. The van der Waals surface area contributed by atoms with Gasteiger partial charge in [-0.1, -0.05) is 0 Å². The fraction of sp³-hybridized carbons (Fsp3) is 0.364. The smallest absolute Gasteiger partial charge is 0.340 e. The Morgan fingerprint density at radius 1 is 1.67 bits per heavy atom. The fourth-order valence-corrected chi connectivity index (χ4v) is 2.25. The lowest BCUT2D eigenvalue weighted by Gasteiger charge is -2.19. The van der Waals surface area contributed by atoms with Crippen molar-refractivity contribution in [2.75, 3.05) is 11.9 Å². The summed E-state index contributed by atoms with van der Waals surface area (Å²) in [6.45, 7) is 1.57. The zero-order valence-electron chi connectivity index (χ0n) is 10.0. The first-order chi connectivity index (χ1) is 8.40. The highest BCUT2D eigenvalue weighted by molar-refractivity contribution is 7.11. The number of nitrogens with zero attached hydrogens (tertiary/aromatic N) is 2. The summed E-state index contributed by atoms with van der Waals surface area (Å²) in [6.07, 6.45) is 5.18. The van der Waals surface area contributed by atoms with Crippen LogP contribution in [0.1, 0.15) is 22.5 Å². The first-order valence-electron chi connectivity index (χ1n) is 5.06. The topological polar surface area (TPSA) is 96.5 Å². The Labute approximate surface area is 109 Å². The molecule has 0 aliphatic carbocycles. The van der Waals surface area contributed by atoms with Gasteiger partial charge in [0.15, 0.2) is 0 Å². The molecule has 96 valence electrons. The molecule has 0 aliphatic rings. The molecule has 1 aromatic heterocycles. The summed E-state index contributed by atoms with van der Waals surface area (Å²) >= 11 is 0.943. The van der Waals surface area contributed by atoms with Crippen molar-refractivity contribution in [3.8, 4) is 12.3 Å². The van der Waals surface area contributed by atoms with E-state index in [1.54, 1.807) is 6.92 Å². The number of carboxylic acids is 1. The maximum absolute atomic E-state index is 11.9. The van der Waals surface area contributed by atoms with Crippen LogP contribution >= 0.6 is 11.5 Å². The van der Waals surface area contributed by atoms with Gasteiger partial charge < -0.3 is 15.7 Å². The van der Waals surface area contributed by atoms with E-state index in [0.29, 0.717) is 5.69 Å². The van der Waals surface area contributed by atoms with E-state index in [9.17, 15) is 9.59 Å². The molecule has 1 aromatic rings. The lowest BCUT2D eigenvalue weighted by molar-refractivity contribution is -0.119. The standard InChI is InChI=1S/C11H13N3O3S/c1-4-5-7(12)9(15)14(3)10-8(11(16)17)6(2)13-18-10/h1,7H,5,12H2,2-3H3,(H,16,17). The number of carboxylic acid groups (broad SMARTS) is 1. The van der Waals surface area contributed by atoms with Crippen LogP contribution in [-0.2, 0) is 4.79 Å². The average molecular weight is 267 g/mol. The number of amides is 1. The Bertz CT molecular complexity index is 518. The molecule has 0 saturated heterocycles. The fourth-order valence-electron chi connectivity index (χ4n) is 1.40. The number of aryl methyl sites for hydroxylation is 1. The molecule has 0 spiro atoms. The number of anilines is 1. The zero-order valence-corrected chi connectivity index (χ0v) is 10.8. The lowest BCUT2D eigenvalue weighted by atomic mass is 10.2. The third kappa shape index (κ3) is 2.67. The number of aromatic nitrogens is 1. The maximum Gasteiger partial charge on any atom is 0.340 e. The van der Waals surface area contributed by atoms with Crippen LogP contribution in [0.3, 0.4) is 0 Å². The quantitative estimate of drug-likeness (QED) is 0.773. The van der Waals surface area contributed by atoms with Crippen LogP contribution in [-0.4, -0.2) is 34.4 Å². The van der Waals surface area contributed by atoms with E-state index in [-0.39, 0.29) is 17.0 Å². The van der Waals surface area contributed by atoms with E-state index in [1.165, 1.54) is 11.9 Å². The third-order valence-corrected chi connectivity index (χ3v) is 3.36. The van der Waals surface area contributed by atoms with Crippen molar-refractivity contribution in [1.82, 2.24) is 4.37 Å². The van der Waals surface area contributed by atoms with E-state index >= 15 is 0 Å². The highest BCUT2D eigenvalue weighted by Crippen LogP contribution is 2.28. The molecule has 6 nitrogen and oxygen atoms in total. The zero-order chi connectivity index (χ0) is 13.9. The van der Waals surface area contributed by atoms with Gasteiger partial charge in [0.25, 0.3) is 0 Å². The molecule has 7 heteroatoms. The second kappa shape index (κ2) is 5.62. The maximum atomic E-state index is 11.9. The average Bonchev–Trinajstić information content (AvgIpc) is 2.69. The van der Waals surface area contributed by atoms with Gasteiger partial charge in [0.2, 0.25) is 5.91 Å². The molecule has 1 atom stereocenters. The van der Waals surface area contributed by atoms with Crippen molar-refractivity contribution in [1.29, 1.82) is 0 Å². The first-order valence-corrected chi connectivity index (χ1v) is 5.83. The van der Waals surface area contributed by atoms with Crippen molar-refractivity contribution in [3.63, 3.8) is 0 Å². The van der Waals surface area contributed by atoms with Crippen molar-refractivity contribution in [2.45, 2.75) is 19.4 Å². The second-order valence-corrected chi connectivity index (χ2v) is 4.42. The van der Waals surface area contributed by atoms with Crippen LogP contribution in [0.15, 0.2) is 0 Å². The van der Waals surface area contributed by atoms with Crippen LogP contribution in [0.4, 0.5) is 5.00 Å². The van der Waals surface area contributed by atoms with Crippen LogP contribution in [0.2, 0.25) is 0 Å². The van der Waals surface area contributed by atoms with Gasteiger partial charge in [-0.15, -0.1) is 12.3 Å². The molecule has 1 heterocycles. The number of carbonyl (C=O) groups excluding carboxylic acids is 1. The van der Waals surface area contributed by atoms with Crippen molar-refractivity contribution in [3.05, 3.63) is 11.3 Å². The van der Waals surface area contributed by atoms with Gasteiger partial charge in [-0.2, -0.15) is 4.37 Å². The van der Waals surface area contributed by atoms with Gasteiger partial charge in [0, 0.05) is 13.5 Å². The monoisotopic (exact) mass is 267 g/mol. The van der Waals surface area contributed by atoms with Gasteiger partial charge in [-0.25, -0.2) is 4.79 Å². The molecule has 3 N–H and O–H groups in total. The minimum atomic E-state index is -1.12. The van der Waals surface area contributed by atoms with Crippen LogP contribution in [0.25, 0.3) is 0 Å². The Morgan fingerprint density at radius 3 is 2.78 bits per heavy atom. The summed E-state index contributed by atoms with van der Waals surface area (Å²) in [5, 5.41) is 9.33. The largest absolute Gasteiger partial charge is 0.478 e. The highest BCUT2D eigenvalue weighted by Gasteiger charge is 2.26. The number of carbonyl (C=O) groups is 2. The van der Waals surface area contributed by atoms with Gasteiger partial charge in [0.1, 0.15) is 10.6 Å². The Kier molecular flexibility index (Phi) is 4.42. The van der Waals surface area contributed by atoms with Crippen molar-refractivity contribution in [2.24, 2.45) is 5.73 Å². The van der Waals surface area contributed by atoms with Crippen LogP contribution in [0.5, 0.6) is 0 Å². The number of hydrogen-bond acceptors (Lipinski definition) is 5. The molecule has 1 unspecified atom stereocenters. The van der Waals surface area contributed by atoms with Crippen LogP contribution in [0, 0.1) is 19.3 Å². The summed E-state index contributed by atoms with van der Waals surface area (Å²) in [7, 11) is 1.46. The van der Waals surface area contributed by atoms with Crippen LogP contribution < -0.4 is 10.6 Å². The van der Waals surface area contributed by atoms with E-state index in [4.69, 9.17) is 17.3 Å².